The van der Waals surface area contributed by atoms with Gasteiger partial charge in [0.1, 0.15) is 5.75 Å². The van der Waals surface area contributed by atoms with Gasteiger partial charge in [0.2, 0.25) is 4.02 Å². The minimum absolute atomic E-state index is 0.400. The smallest absolute Gasteiger partial charge is 0.343 e. The summed E-state index contributed by atoms with van der Waals surface area (Å²) in [6.07, 6.45) is 0. The second kappa shape index (κ2) is 7.38. The highest BCUT2D eigenvalue weighted by Crippen LogP contribution is 2.37. The lowest BCUT2D eigenvalue weighted by atomic mass is 10.0. The topological polar surface area (TPSA) is 39.4 Å². The number of aryl methyl sites for hydroxylation is 1. The summed E-state index contributed by atoms with van der Waals surface area (Å²) in [5.41, 5.74) is 4.07. The van der Waals surface area contributed by atoms with Gasteiger partial charge in [0, 0.05) is 16.1 Å². The molecule has 0 spiro atoms. The Morgan fingerprint density at radius 1 is 1.07 bits per heavy atom. The van der Waals surface area contributed by atoms with E-state index in [4.69, 9.17) is 21.4 Å². The van der Waals surface area contributed by atoms with Gasteiger partial charge >= 0.3 is 5.97 Å². The molecule has 3 aromatic carbocycles. The average Bonchev–Trinajstić information content (AvgIpc) is 3.02. The number of esters is 1. The van der Waals surface area contributed by atoms with Crippen LogP contribution in [-0.4, -0.2) is 5.97 Å². The average molecular weight is 457 g/mol. The van der Waals surface area contributed by atoms with Crippen molar-refractivity contribution in [2.24, 2.45) is 0 Å². The Morgan fingerprint density at radius 2 is 1.78 bits per heavy atom. The van der Waals surface area contributed by atoms with E-state index in [2.05, 4.69) is 15.9 Å². The van der Waals surface area contributed by atoms with E-state index < -0.39 is 5.97 Å². The molecule has 1 heterocycles. The molecule has 0 N–H and O–H groups in total. The maximum Gasteiger partial charge on any atom is 0.343 e. The number of carbonyl (C=O) groups is 1. The van der Waals surface area contributed by atoms with E-state index in [1.807, 2.05) is 49.4 Å². The maximum atomic E-state index is 12.5. The van der Waals surface area contributed by atoms with Crippen LogP contribution < -0.4 is 4.74 Å². The molecule has 1 aromatic heterocycles. The standard InChI is InChI=1S/C21H13BrO3S2/c1-12-2-4-14(5-3-12)20(23)24-16-10-17(13-6-8-15(22)9-7-13)19-18(11-16)27-21(26)25-19/h2-11H,1H3. The molecule has 27 heavy (non-hydrogen) atoms. The normalized spacial score (nSPS) is 10.9. The number of hydrogen-bond donors (Lipinski definition) is 0. The first-order valence-corrected chi connectivity index (χ1v) is 10.1. The fourth-order valence-corrected chi connectivity index (χ4v) is 4.05. The highest BCUT2D eigenvalue weighted by molar-refractivity contribution is 9.10. The second-order valence-corrected chi connectivity index (χ2v) is 8.57. The van der Waals surface area contributed by atoms with Crippen molar-refractivity contribution in [3.63, 3.8) is 0 Å². The van der Waals surface area contributed by atoms with Crippen LogP contribution in [0.2, 0.25) is 0 Å². The van der Waals surface area contributed by atoms with Crippen molar-refractivity contribution in [1.29, 1.82) is 0 Å². The lowest BCUT2D eigenvalue weighted by Crippen LogP contribution is -2.08. The number of rotatable bonds is 3. The summed E-state index contributed by atoms with van der Waals surface area (Å²) in [6.45, 7) is 1.97. The second-order valence-electron chi connectivity index (χ2n) is 6.01. The Labute approximate surface area is 173 Å². The Bertz CT molecular complexity index is 1190. The van der Waals surface area contributed by atoms with Crippen LogP contribution in [0.3, 0.4) is 0 Å². The summed E-state index contributed by atoms with van der Waals surface area (Å²) < 4.78 is 13.6. The number of ether oxygens (including phenoxy) is 1. The molecular weight excluding hydrogens is 444 g/mol. The zero-order valence-corrected chi connectivity index (χ0v) is 17.4. The summed E-state index contributed by atoms with van der Waals surface area (Å²) in [6, 6.07) is 18.7. The van der Waals surface area contributed by atoms with E-state index in [9.17, 15) is 4.79 Å². The van der Waals surface area contributed by atoms with E-state index in [1.165, 1.54) is 11.3 Å². The molecule has 0 unspecified atom stereocenters. The minimum atomic E-state index is -0.400. The number of halogens is 1. The molecule has 134 valence electrons. The first kappa shape index (κ1) is 18.1. The number of benzene rings is 3. The Morgan fingerprint density at radius 3 is 2.48 bits per heavy atom. The number of hydrogen-bond acceptors (Lipinski definition) is 5. The van der Waals surface area contributed by atoms with Crippen LogP contribution in [-0.2, 0) is 0 Å². The summed E-state index contributed by atoms with van der Waals surface area (Å²) in [5.74, 6) is 0.0567. The molecule has 0 aliphatic carbocycles. The predicted octanol–water partition coefficient (Wildman–Crippen LogP) is 7.18. The van der Waals surface area contributed by atoms with E-state index in [1.54, 1.807) is 18.2 Å². The first-order chi connectivity index (χ1) is 13.0. The molecule has 0 saturated heterocycles. The van der Waals surface area contributed by atoms with E-state index in [0.29, 0.717) is 20.9 Å². The van der Waals surface area contributed by atoms with Crippen molar-refractivity contribution < 1.29 is 13.9 Å². The molecule has 6 heteroatoms. The van der Waals surface area contributed by atoms with Gasteiger partial charge in [-0.05, 0) is 55.0 Å². The lowest BCUT2D eigenvalue weighted by molar-refractivity contribution is 0.0735. The zero-order chi connectivity index (χ0) is 19.0. The van der Waals surface area contributed by atoms with Crippen molar-refractivity contribution in [1.82, 2.24) is 0 Å². The minimum Gasteiger partial charge on any atom is -0.435 e. The molecule has 0 aliphatic rings. The molecule has 0 bridgehead atoms. The molecule has 0 atom stereocenters. The summed E-state index contributed by atoms with van der Waals surface area (Å²) in [7, 11) is 0. The van der Waals surface area contributed by atoms with Crippen LogP contribution in [0.4, 0.5) is 0 Å². The van der Waals surface area contributed by atoms with Gasteiger partial charge in [0.15, 0.2) is 5.58 Å². The third kappa shape index (κ3) is 3.88. The molecule has 4 rings (SSSR count). The molecular formula is C21H13BrO3S2. The zero-order valence-electron chi connectivity index (χ0n) is 14.2. The summed E-state index contributed by atoms with van der Waals surface area (Å²) in [5, 5.41) is 0. The molecule has 0 radical (unpaired) electrons. The van der Waals surface area contributed by atoms with Crippen LogP contribution in [0, 0.1) is 10.9 Å². The third-order valence-electron chi connectivity index (χ3n) is 4.06. The van der Waals surface area contributed by atoms with Gasteiger partial charge in [-0.15, -0.1) is 0 Å². The fraction of sp³-hybridized carbons (Fsp3) is 0.0476. The van der Waals surface area contributed by atoms with Crippen molar-refractivity contribution in [3.05, 3.63) is 80.3 Å². The van der Waals surface area contributed by atoms with E-state index >= 15 is 0 Å². The summed E-state index contributed by atoms with van der Waals surface area (Å²) >= 11 is 9.99. The first-order valence-electron chi connectivity index (χ1n) is 8.12. The quantitative estimate of drug-likeness (QED) is 0.186. The predicted molar refractivity (Wildman–Crippen MR) is 114 cm³/mol. The van der Waals surface area contributed by atoms with Crippen molar-refractivity contribution in [2.45, 2.75) is 6.92 Å². The van der Waals surface area contributed by atoms with Crippen LogP contribution in [0.15, 0.2) is 69.6 Å². The molecule has 0 aliphatic heterocycles. The molecule has 3 nitrogen and oxygen atoms in total. The van der Waals surface area contributed by atoms with Crippen molar-refractivity contribution in [2.75, 3.05) is 0 Å². The number of fused-ring (bicyclic) bond motifs is 1. The van der Waals surface area contributed by atoms with Crippen LogP contribution >= 0.6 is 39.5 Å². The van der Waals surface area contributed by atoms with Gasteiger partial charge in [-0.1, -0.05) is 57.1 Å². The van der Waals surface area contributed by atoms with Gasteiger partial charge in [0.25, 0.3) is 0 Å². The molecule has 0 amide bonds. The monoisotopic (exact) mass is 456 g/mol. The highest BCUT2D eigenvalue weighted by atomic mass is 79.9. The lowest BCUT2D eigenvalue weighted by Gasteiger charge is -2.08. The van der Waals surface area contributed by atoms with Crippen molar-refractivity contribution >= 4 is 55.7 Å². The fourth-order valence-electron chi connectivity index (χ4n) is 2.71. The molecule has 0 saturated carbocycles. The Hall–Kier alpha value is -2.28. The van der Waals surface area contributed by atoms with Gasteiger partial charge in [0.05, 0.1) is 10.3 Å². The summed E-state index contributed by atoms with van der Waals surface area (Å²) in [4.78, 5) is 12.5. The molecule has 0 fully saturated rings. The highest BCUT2D eigenvalue weighted by Gasteiger charge is 2.15. The van der Waals surface area contributed by atoms with E-state index in [0.717, 1.165) is 25.9 Å². The van der Waals surface area contributed by atoms with E-state index in [-0.39, 0.29) is 0 Å². The van der Waals surface area contributed by atoms with Crippen LogP contribution in [0.5, 0.6) is 5.75 Å². The SMILES string of the molecule is Cc1ccc(C(=O)Oc2cc(-c3ccc(Br)cc3)c3oc(=S)sc3c2)cc1. The molecule has 4 aromatic rings. The van der Waals surface area contributed by atoms with Gasteiger partial charge in [-0.3, -0.25) is 0 Å². The largest absolute Gasteiger partial charge is 0.435 e. The van der Waals surface area contributed by atoms with Crippen LogP contribution in [0.1, 0.15) is 15.9 Å². The number of carbonyl (C=O) groups excluding carboxylic acids is 1. The van der Waals surface area contributed by atoms with Gasteiger partial charge in [-0.2, -0.15) is 0 Å². The van der Waals surface area contributed by atoms with Gasteiger partial charge in [-0.25, -0.2) is 4.79 Å². The Balaban J connectivity index is 1.77. The van der Waals surface area contributed by atoms with Crippen molar-refractivity contribution in [3.8, 4) is 16.9 Å². The van der Waals surface area contributed by atoms with Gasteiger partial charge < -0.3 is 9.15 Å². The third-order valence-corrected chi connectivity index (χ3v) is 5.70. The van der Waals surface area contributed by atoms with Crippen LogP contribution in [0.25, 0.3) is 21.4 Å². The maximum absolute atomic E-state index is 12.5. The Kier molecular flexibility index (Phi) is 4.95.